The van der Waals surface area contributed by atoms with Gasteiger partial charge in [0.15, 0.2) is 5.17 Å². The standard InChI is InChI=1S/C25H30N4O2S/c1-7-32-25(29-22-15-11-12-16-23(22)31-6)27-19(4)17(2)18(3)26-20(5)28-24(30)21-13-9-8-10-14-21/h7-16,19H,1H2,2-6H3,(H,27,29)(H,26,28,30)/b18-17+. The number of carbonyl (C=O) groups excluding carboxylic acids is 1. The summed E-state index contributed by atoms with van der Waals surface area (Å²) >= 11 is 1.40. The molecule has 2 rings (SSSR count). The van der Waals surface area contributed by atoms with Crippen LogP contribution in [-0.4, -0.2) is 30.1 Å². The topological polar surface area (TPSA) is 75.1 Å². The molecule has 2 N–H and O–H groups in total. The van der Waals surface area contributed by atoms with E-state index in [2.05, 4.69) is 22.2 Å². The maximum Gasteiger partial charge on any atom is 0.256 e. The Morgan fingerprint density at radius 1 is 1.09 bits per heavy atom. The summed E-state index contributed by atoms with van der Waals surface area (Å²) in [6.45, 7) is 11.5. The van der Waals surface area contributed by atoms with E-state index >= 15 is 0 Å². The van der Waals surface area contributed by atoms with Crippen molar-refractivity contribution in [1.82, 2.24) is 5.32 Å². The van der Waals surface area contributed by atoms with E-state index in [-0.39, 0.29) is 11.9 Å². The third-order valence-corrected chi connectivity index (χ3v) is 5.32. The zero-order valence-electron chi connectivity index (χ0n) is 19.2. The third-order valence-electron chi connectivity index (χ3n) is 4.72. The van der Waals surface area contributed by atoms with Gasteiger partial charge in [0.2, 0.25) is 0 Å². The van der Waals surface area contributed by atoms with Crippen LogP contribution < -0.4 is 15.4 Å². The van der Waals surface area contributed by atoms with Gasteiger partial charge in [0.05, 0.1) is 18.8 Å². The van der Waals surface area contributed by atoms with Gasteiger partial charge in [-0.1, -0.05) is 48.7 Å². The maximum atomic E-state index is 12.3. The molecule has 0 aromatic heterocycles. The van der Waals surface area contributed by atoms with Crippen molar-refractivity contribution in [3.63, 3.8) is 0 Å². The Balaban J connectivity index is 2.17. The Kier molecular flexibility index (Phi) is 9.76. The molecule has 0 aliphatic carbocycles. The fraction of sp³-hybridized carbons (Fsp3) is 0.240. The Bertz CT molecular complexity index is 1030. The molecule has 0 saturated heterocycles. The van der Waals surface area contributed by atoms with Crippen LogP contribution in [0.2, 0.25) is 0 Å². The molecule has 0 aliphatic heterocycles. The molecular weight excluding hydrogens is 420 g/mol. The van der Waals surface area contributed by atoms with Crippen molar-refractivity contribution in [2.45, 2.75) is 33.7 Å². The van der Waals surface area contributed by atoms with Gasteiger partial charge >= 0.3 is 0 Å². The van der Waals surface area contributed by atoms with Crippen LogP contribution in [0.5, 0.6) is 5.75 Å². The van der Waals surface area contributed by atoms with E-state index in [9.17, 15) is 4.79 Å². The maximum absolute atomic E-state index is 12.3. The molecule has 32 heavy (non-hydrogen) atoms. The monoisotopic (exact) mass is 450 g/mol. The van der Waals surface area contributed by atoms with E-state index in [1.165, 1.54) is 11.8 Å². The van der Waals surface area contributed by atoms with E-state index in [0.717, 1.165) is 22.7 Å². The minimum atomic E-state index is -0.186. The molecule has 0 saturated carbocycles. The predicted molar refractivity (Wildman–Crippen MR) is 137 cm³/mol. The van der Waals surface area contributed by atoms with Gasteiger partial charge in [-0.25, -0.2) is 4.99 Å². The largest absolute Gasteiger partial charge is 0.495 e. The van der Waals surface area contributed by atoms with Crippen LogP contribution in [0.15, 0.2) is 87.8 Å². The number of rotatable bonds is 7. The van der Waals surface area contributed by atoms with Crippen molar-refractivity contribution in [3.8, 4) is 5.75 Å². The number of benzene rings is 2. The number of amidine groups is 2. The molecule has 1 atom stereocenters. The van der Waals surface area contributed by atoms with Crippen molar-refractivity contribution in [3.05, 3.63) is 83.4 Å². The summed E-state index contributed by atoms with van der Waals surface area (Å²) in [4.78, 5) is 21.7. The number of hydrogen-bond acceptors (Lipinski definition) is 5. The number of hydrogen-bond donors (Lipinski definition) is 2. The lowest BCUT2D eigenvalue weighted by atomic mass is 10.1. The summed E-state index contributed by atoms with van der Waals surface area (Å²) in [5.41, 5.74) is 3.20. The fourth-order valence-electron chi connectivity index (χ4n) is 2.80. The van der Waals surface area contributed by atoms with Gasteiger partial charge in [-0.3, -0.25) is 9.79 Å². The normalized spacial score (nSPS) is 13.7. The number of allylic oxidation sites excluding steroid dienone is 1. The van der Waals surface area contributed by atoms with E-state index in [0.29, 0.717) is 16.6 Å². The number of aliphatic imine (C=N–C) groups is 2. The van der Waals surface area contributed by atoms with Crippen molar-refractivity contribution < 1.29 is 9.53 Å². The molecule has 0 heterocycles. The van der Waals surface area contributed by atoms with E-state index < -0.39 is 0 Å². The van der Waals surface area contributed by atoms with Gasteiger partial charge < -0.3 is 15.4 Å². The number of nitrogens with one attached hydrogen (secondary N) is 2. The highest BCUT2D eigenvalue weighted by molar-refractivity contribution is 8.16. The molecule has 1 unspecified atom stereocenters. The van der Waals surface area contributed by atoms with Crippen LogP contribution >= 0.6 is 11.8 Å². The lowest BCUT2D eigenvalue weighted by molar-refractivity contribution is 0.0977. The summed E-state index contributed by atoms with van der Waals surface area (Å²) in [6.07, 6.45) is 0. The Morgan fingerprint density at radius 3 is 2.41 bits per heavy atom. The van der Waals surface area contributed by atoms with E-state index in [1.807, 2.05) is 63.2 Å². The molecule has 0 radical (unpaired) electrons. The van der Waals surface area contributed by atoms with Crippen LogP contribution in [0, 0.1) is 0 Å². The van der Waals surface area contributed by atoms with E-state index in [1.54, 1.807) is 31.6 Å². The van der Waals surface area contributed by atoms with Gasteiger partial charge in [-0.2, -0.15) is 0 Å². The molecule has 2 aromatic rings. The number of nitrogens with zero attached hydrogens (tertiary/aromatic N) is 2. The molecular formula is C25H30N4O2S. The number of carbonyl (C=O) groups is 1. The first-order valence-corrected chi connectivity index (χ1v) is 11.1. The smallest absolute Gasteiger partial charge is 0.256 e. The lowest BCUT2D eigenvalue weighted by Crippen LogP contribution is -2.28. The van der Waals surface area contributed by atoms with Gasteiger partial charge in [-0.05, 0) is 62.9 Å². The van der Waals surface area contributed by atoms with Crippen molar-refractivity contribution >= 4 is 34.4 Å². The zero-order chi connectivity index (χ0) is 23.5. The van der Waals surface area contributed by atoms with Crippen molar-refractivity contribution in [1.29, 1.82) is 0 Å². The van der Waals surface area contributed by atoms with Crippen LogP contribution in [0.4, 0.5) is 5.69 Å². The quantitative estimate of drug-likeness (QED) is 0.409. The number of ether oxygens (including phenoxy) is 1. The summed E-state index contributed by atoms with van der Waals surface area (Å²) in [6, 6.07) is 16.6. The first kappa shape index (κ1) is 24.9. The molecule has 0 bridgehead atoms. The van der Waals surface area contributed by atoms with Gasteiger partial charge in [0, 0.05) is 11.3 Å². The molecule has 2 aromatic carbocycles. The second-order valence-electron chi connectivity index (χ2n) is 7.01. The molecule has 0 spiro atoms. The zero-order valence-corrected chi connectivity index (χ0v) is 20.0. The van der Waals surface area contributed by atoms with Crippen LogP contribution in [-0.2, 0) is 0 Å². The Labute approximate surface area is 194 Å². The lowest BCUT2D eigenvalue weighted by Gasteiger charge is -2.15. The van der Waals surface area contributed by atoms with Gasteiger partial charge in [-0.15, -0.1) is 0 Å². The van der Waals surface area contributed by atoms with Crippen molar-refractivity contribution in [2.24, 2.45) is 9.98 Å². The number of amides is 1. The minimum absolute atomic E-state index is 0.138. The fourth-order valence-corrected chi connectivity index (χ4v) is 3.35. The van der Waals surface area contributed by atoms with Crippen LogP contribution in [0.25, 0.3) is 0 Å². The number of para-hydroxylation sites is 2. The van der Waals surface area contributed by atoms with Crippen LogP contribution in [0.1, 0.15) is 38.1 Å². The molecule has 1 amide bonds. The molecule has 168 valence electrons. The molecule has 0 aliphatic rings. The Hall–Kier alpha value is -3.32. The highest BCUT2D eigenvalue weighted by atomic mass is 32.2. The van der Waals surface area contributed by atoms with Gasteiger partial charge in [0.1, 0.15) is 11.6 Å². The van der Waals surface area contributed by atoms with Crippen LogP contribution in [0.3, 0.4) is 0 Å². The number of methoxy groups -OCH3 is 1. The minimum Gasteiger partial charge on any atom is -0.495 e. The summed E-state index contributed by atoms with van der Waals surface area (Å²) in [7, 11) is 1.63. The number of thioether (sulfide) groups is 1. The third kappa shape index (κ3) is 7.42. The molecule has 6 nitrogen and oxygen atoms in total. The summed E-state index contributed by atoms with van der Waals surface area (Å²) in [5.74, 6) is 1.07. The Morgan fingerprint density at radius 2 is 1.75 bits per heavy atom. The first-order valence-electron chi connectivity index (χ1n) is 10.2. The first-order chi connectivity index (χ1) is 15.3. The number of anilines is 1. The molecule has 0 fully saturated rings. The predicted octanol–water partition coefficient (Wildman–Crippen LogP) is 5.87. The second kappa shape index (κ2) is 12.5. The van der Waals surface area contributed by atoms with E-state index in [4.69, 9.17) is 9.73 Å². The SMILES string of the molecule is C=CSC(=NC(C)/C(C)=C(\C)N=C(C)NC(=O)c1ccccc1)Nc1ccccc1OC. The molecule has 7 heteroatoms. The average Bonchev–Trinajstić information content (AvgIpc) is 2.79. The highest BCUT2D eigenvalue weighted by Gasteiger charge is 2.11. The van der Waals surface area contributed by atoms with Crippen molar-refractivity contribution in [2.75, 3.05) is 12.4 Å². The average molecular weight is 451 g/mol. The van der Waals surface area contributed by atoms with Gasteiger partial charge in [0.25, 0.3) is 5.91 Å². The second-order valence-corrected chi connectivity index (χ2v) is 7.96. The summed E-state index contributed by atoms with van der Waals surface area (Å²) < 4.78 is 5.41. The summed E-state index contributed by atoms with van der Waals surface area (Å²) in [5, 5.41) is 8.56. The highest BCUT2D eigenvalue weighted by Crippen LogP contribution is 2.25.